The average molecular weight is 566 g/mol. The second-order valence-corrected chi connectivity index (χ2v) is 7.84. The van der Waals surface area contributed by atoms with E-state index in [-0.39, 0.29) is 29.9 Å². The van der Waals surface area contributed by atoms with Gasteiger partial charge >= 0.3 is 0 Å². The predicted octanol–water partition coefficient (Wildman–Crippen LogP) is 4.34. The number of carbonyl (C=O) groups is 1. The molecular formula is C18H25BrIN5OS. The van der Waals surface area contributed by atoms with E-state index < -0.39 is 0 Å². The van der Waals surface area contributed by atoms with Crippen LogP contribution in [0.25, 0.3) is 0 Å². The van der Waals surface area contributed by atoms with E-state index in [9.17, 15) is 4.79 Å². The summed E-state index contributed by atoms with van der Waals surface area (Å²) in [4.78, 5) is 20.7. The number of anilines is 1. The van der Waals surface area contributed by atoms with E-state index in [1.165, 1.54) is 0 Å². The summed E-state index contributed by atoms with van der Waals surface area (Å²) >= 11 is 5.01. The molecule has 0 saturated heterocycles. The molecule has 1 amide bonds. The Morgan fingerprint density at radius 1 is 1.26 bits per heavy atom. The fourth-order valence-electron chi connectivity index (χ4n) is 2.10. The van der Waals surface area contributed by atoms with Crippen molar-refractivity contribution in [1.82, 2.24) is 15.6 Å². The molecule has 2 rings (SSSR count). The molecule has 0 radical (unpaired) electrons. The Morgan fingerprint density at radius 3 is 2.56 bits per heavy atom. The maximum absolute atomic E-state index is 12.0. The molecule has 6 nitrogen and oxygen atoms in total. The maximum atomic E-state index is 12.0. The first-order chi connectivity index (χ1) is 12.5. The van der Waals surface area contributed by atoms with E-state index in [1.807, 2.05) is 24.3 Å². The number of nitrogens with one attached hydrogen (secondary N) is 3. The highest BCUT2D eigenvalue weighted by Crippen LogP contribution is 2.17. The number of carbonyl (C=O) groups excluding carboxylic acids is 1. The van der Waals surface area contributed by atoms with Crippen LogP contribution in [0.5, 0.6) is 0 Å². The third-order valence-corrected chi connectivity index (χ3v) is 4.96. The number of amides is 1. The van der Waals surface area contributed by atoms with Gasteiger partial charge in [-0.2, -0.15) is 0 Å². The molecule has 0 fully saturated rings. The van der Waals surface area contributed by atoms with Gasteiger partial charge in [-0.25, -0.2) is 4.98 Å². The summed E-state index contributed by atoms with van der Waals surface area (Å²) in [5, 5.41) is 12.3. The van der Waals surface area contributed by atoms with E-state index in [2.05, 4.69) is 61.1 Å². The third kappa shape index (κ3) is 8.56. The zero-order chi connectivity index (χ0) is 18.9. The Bertz CT molecular complexity index is 748. The summed E-state index contributed by atoms with van der Waals surface area (Å²) in [7, 11) is 1.71. The van der Waals surface area contributed by atoms with E-state index >= 15 is 0 Å². The minimum absolute atomic E-state index is 0. The number of nitrogens with zero attached hydrogens (tertiary/aromatic N) is 2. The number of thiazole rings is 1. The van der Waals surface area contributed by atoms with Crippen molar-refractivity contribution >= 4 is 68.8 Å². The zero-order valence-electron chi connectivity index (χ0n) is 15.6. The molecular weight excluding hydrogens is 541 g/mol. The smallest absolute Gasteiger partial charge is 0.226 e. The molecule has 1 aromatic carbocycles. The Balaban J connectivity index is 0.00000364. The molecule has 2 aromatic rings. The van der Waals surface area contributed by atoms with Gasteiger partial charge in [-0.05, 0) is 30.2 Å². The minimum atomic E-state index is -0.0447. The summed E-state index contributed by atoms with van der Waals surface area (Å²) < 4.78 is 0.979. The van der Waals surface area contributed by atoms with E-state index in [4.69, 9.17) is 0 Å². The number of hydrogen-bond donors (Lipinski definition) is 3. The van der Waals surface area contributed by atoms with Crippen LogP contribution in [0.15, 0.2) is 39.1 Å². The second-order valence-electron chi connectivity index (χ2n) is 5.98. The largest absolute Gasteiger partial charge is 0.356 e. The van der Waals surface area contributed by atoms with Gasteiger partial charge in [0.05, 0.1) is 12.2 Å². The summed E-state index contributed by atoms with van der Waals surface area (Å²) in [5.74, 6) is 1.04. The van der Waals surface area contributed by atoms with Crippen LogP contribution in [-0.4, -0.2) is 30.4 Å². The first-order valence-corrected chi connectivity index (χ1v) is 10.1. The summed E-state index contributed by atoms with van der Waals surface area (Å²) in [5.41, 5.74) is 1.89. The lowest BCUT2D eigenvalue weighted by molar-refractivity contribution is -0.116. The van der Waals surface area contributed by atoms with Crippen LogP contribution in [0.3, 0.4) is 0 Å². The molecule has 0 aliphatic heterocycles. The minimum Gasteiger partial charge on any atom is -0.356 e. The van der Waals surface area contributed by atoms with Crippen molar-refractivity contribution < 1.29 is 4.79 Å². The van der Waals surface area contributed by atoms with Crippen molar-refractivity contribution in [3.63, 3.8) is 0 Å². The third-order valence-electron chi connectivity index (χ3n) is 3.56. The maximum Gasteiger partial charge on any atom is 0.226 e. The molecule has 0 saturated carbocycles. The highest BCUT2D eigenvalue weighted by molar-refractivity contribution is 14.0. The average Bonchev–Trinajstić information content (AvgIpc) is 3.09. The number of aromatic nitrogens is 1. The van der Waals surface area contributed by atoms with E-state index in [1.54, 1.807) is 18.4 Å². The fourth-order valence-corrected chi connectivity index (χ4v) is 3.26. The highest BCUT2D eigenvalue weighted by Gasteiger charge is 2.07. The van der Waals surface area contributed by atoms with Crippen LogP contribution in [0.2, 0.25) is 0 Å². The number of guanidine groups is 1. The van der Waals surface area contributed by atoms with E-state index in [0.29, 0.717) is 31.4 Å². The quantitative estimate of drug-likeness (QED) is 0.265. The highest BCUT2D eigenvalue weighted by atomic mass is 127. The number of rotatable bonds is 7. The Labute approximate surface area is 189 Å². The SMILES string of the molecule is CN=C(NCCC(=O)Nc1ccc(Br)cc1)NCc1nc(C(C)C)cs1.I. The van der Waals surface area contributed by atoms with Crippen LogP contribution >= 0.6 is 51.2 Å². The van der Waals surface area contributed by atoms with Gasteiger partial charge in [0.1, 0.15) is 5.01 Å². The van der Waals surface area contributed by atoms with Crippen molar-refractivity contribution in [2.75, 3.05) is 18.9 Å². The lowest BCUT2D eigenvalue weighted by Crippen LogP contribution is -2.38. The van der Waals surface area contributed by atoms with Gasteiger partial charge in [0.2, 0.25) is 5.91 Å². The molecule has 3 N–H and O–H groups in total. The van der Waals surface area contributed by atoms with Gasteiger partial charge in [0.25, 0.3) is 0 Å². The van der Waals surface area contributed by atoms with Crippen LogP contribution in [0.4, 0.5) is 5.69 Å². The summed E-state index contributed by atoms with van der Waals surface area (Å²) in [6, 6.07) is 7.50. The first-order valence-electron chi connectivity index (χ1n) is 8.42. The van der Waals surface area contributed by atoms with Crippen LogP contribution in [0, 0.1) is 0 Å². The van der Waals surface area contributed by atoms with Gasteiger partial charge < -0.3 is 16.0 Å². The summed E-state index contributed by atoms with van der Waals surface area (Å²) in [6.07, 6.45) is 0.353. The molecule has 27 heavy (non-hydrogen) atoms. The molecule has 0 aliphatic rings. The molecule has 0 aliphatic carbocycles. The van der Waals surface area contributed by atoms with Gasteiger partial charge in [-0.15, -0.1) is 35.3 Å². The number of hydrogen-bond acceptors (Lipinski definition) is 4. The lowest BCUT2D eigenvalue weighted by Gasteiger charge is -2.11. The van der Waals surface area contributed by atoms with Crippen molar-refractivity contribution in [2.45, 2.75) is 32.7 Å². The zero-order valence-corrected chi connectivity index (χ0v) is 20.3. The van der Waals surface area contributed by atoms with Crippen LogP contribution in [-0.2, 0) is 11.3 Å². The molecule has 1 aromatic heterocycles. The topological polar surface area (TPSA) is 78.4 Å². The van der Waals surface area contributed by atoms with Gasteiger partial charge in [-0.1, -0.05) is 29.8 Å². The molecule has 0 spiro atoms. The Hall–Kier alpha value is -1.20. The molecule has 148 valence electrons. The van der Waals surface area contributed by atoms with Crippen molar-refractivity contribution in [3.8, 4) is 0 Å². The van der Waals surface area contributed by atoms with Gasteiger partial charge in [0.15, 0.2) is 5.96 Å². The Morgan fingerprint density at radius 2 is 1.96 bits per heavy atom. The predicted molar refractivity (Wildman–Crippen MR) is 127 cm³/mol. The normalized spacial score (nSPS) is 11.1. The monoisotopic (exact) mass is 565 g/mol. The molecule has 0 bridgehead atoms. The number of aliphatic imine (C=N–C) groups is 1. The molecule has 1 heterocycles. The van der Waals surface area contributed by atoms with E-state index in [0.717, 1.165) is 20.9 Å². The second kappa shape index (κ2) is 12.3. The lowest BCUT2D eigenvalue weighted by atomic mass is 10.2. The fraction of sp³-hybridized carbons (Fsp3) is 0.389. The Kier molecular flexibility index (Phi) is 10.9. The van der Waals surface area contributed by atoms with Gasteiger partial charge in [0, 0.05) is 35.6 Å². The van der Waals surface area contributed by atoms with Crippen molar-refractivity contribution in [3.05, 3.63) is 44.8 Å². The van der Waals surface area contributed by atoms with Crippen LogP contribution in [0.1, 0.15) is 36.9 Å². The molecule has 9 heteroatoms. The molecule has 0 unspecified atom stereocenters. The summed E-state index contributed by atoms with van der Waals surface area (Å²) in [6.45, 7) is 5.37. The van der Waals surface area contributed by atoms with Crippen molar-refractivity contribution in [1.29, 1.82) is 0 Å². The van der Waals surface area contributed by atoms with Crippen molar-refractivity contribution in [2.24, 2.45) is 4.99 Å². The number of halogens is 2. The first kappa shape index (κ1) is 23.8. The standard InChI is InChI=1S/C18H24BrN5OS.HI/c1-12(2)15-11-26-17(24-15)10-22-18(20-3)21-9-8-16(25)23-14-6-4-13(19)5-7-14;/h4-7,11-12H,8-10H2,1-3H3,(H,23,25)(H2,20,21,22);1H. The molecule has 0 atom stereocenters. The number of benzene rings is 1. The van der Waals surface area contributed by atoms with Gasteiger partial charge in [-0.3, -0.25) is 9.79 Å². The van der Waals surface area contributed by atoms with Crippen LogP contribution < -0.4 is 16.0 Å².